The molecule has 0 radical (unpaired) electrons. The third kappa shape index (κ3) is 5.69. The zero-order valence-corrected chi connectivity index (χ0v) is 25.6. The lowest BCUT2D eigenvalue weighted by atomic mass is 9.56. The van der Waals surface area contributed by atoms with Gasteiger partial charge in [0.05, 0.1) is 5.70 Å². The van der Waals surface area contributed by atoms with Crippen molar-refractivity contribution in [3.8, 4) is 11.8 Å². The van der Waals surface area contributed by atoms with Gasteiger partial charge in [-0.05, 0) is 104 Å². The molecule has 3 nitrogen and oxygen atoms in total. The highest BCUT2D eigenvalue weighted by atomic mass is 35.5. The van der Waals surface area contributed by atoms with Crippen molar-refractivity contribution in [2.75, 3.05) is 13.2 Å². The molecule has 0 N–H and O–H groups in total. The predicted octanol–water partition coefficient (Wildman–Crippen LogP) is 8.55. The summed E-state index contributed by atoms with van der Waals surface area (Å²) < 4.78 is 19.0. The summed E-state index contributed by atoms with van der Waals surface area (Å²) in [6, 6.07) is 12.9. The minimum Gasteiger partial charge on any atom is -0.486 e. The number of ether oxygens (including phenoxy) is 1. The molecule has 2 aliphatic heterocycles. The van der Waals surface area contributed by atoms with Crippen molar-refractivity contribution in [1.29, 1.82) is 0 Å². The van der Waals surface area contributed by atoms with Gasteiger partial charge in [-0.3, -0.25) is 4.79 Å². The smallest absolute Gasteiger partial charge is 0.146 e. The standard InChI is InChI=1S/C37H39ClFNO2/c1-23(2)36(41)28-13-16-37(17-14-28)20-30(21-37)40-18-15-32(38)35(40)34(33-22-42-33)25(4)31-12-9-27(19-24(31)3)6-5-26-7-10-29(39)11-8-26/h7-12,19,23,28,30H,4,13-18,20-22H2,1-3H3/b34-33-. The summed E-state index contributed by atoms with van der Waals surface area (Å²) in [6.07, 6.45) is 7.57. The van der Waals surface area contributed by atoms with Crippen LogP contribution < -0.4 is 0 Å². The Morgan fingerprint density at radius 3 is 2.36 bits per heavy atom. The topological polar surface area (TPSA) is 32.8 Å². The first-order valence-corrected chi connectivity index (χ1v) is 15.7. The number of ketones is 1. The SMILES string of the molecule is C=C(/C(C1=C(Cl)CCN1C1CC2(CCC(C(=O)C(C)C)CC2)C1)=C1\CO1)c1ccc(C#Cc2ccc(F)cc2)cc1C. The average molecular weight is 584 g/mol. The highest BCUT2D eigenvalue weighted by Gasteiger charge is 2.50. The Bertz CT molecular complexity index is 1530. The second kappa shape index (κ2) is 11.4. The zero-order chi connectivity index (χ0) is 29.6. The highest BCUT2D eigenvalue weighted by Crippen LogP contribution is 2.57. The van der Waals surface area contributed by atoms with E-state index < -0.39 is 0 Å². The number of allylic oxidation sites excluding steroid dienone is 1. The molecule has 2 heterocycles. The van der Waals surface area contributed by atoms with Crippen LogP contribution in [0.1, 0.15) is 81.0 Å². The van der Waals surface area contributed by atoms with Crippen molar-refractivity contribution >= 4 is 23.0 Å². The number of halogens is 2. The third-order valence-electron chi connectivity index (χ3n) is 9.77. The fourth-order valence-corrected chi connectivity index (χ4v) is 7.61. The maximum atomic E-state index is 13.2. The monoisotopic (exact) mass is 583 g/mol. The van der Waals surface area contributed by atoms with Crippen LogP contribution in [-0.2, 0) is 9.53 Å². The molecule has 1 spiro atoms. The molecule has 2 aliphatic carbocycles. The van der Waals surface area contributed by atoms with Crippen molar-refractivity contribution in [3.05, 3.63) is 99.2 Å². The number of Topliss-reactive ketones (excluding diaryl/α,β-unsaturated/α-hetero) is 1. The highest BCUT2D eigenvalue weighted by molar-refractivity contribution is 6.30. The molecule has 6 rings (SSSR count). The first-order valence-electron chi connectivity index (χ1n) is 15.3. The number of hydrogen-bond acceptors (Lipinski definition) is 3. The lowest BCUT2D eigenvalue weighted by Gasteiger charge is -2.55. The van der Waals surface area contributed by atoms with Gasteiger partial charge in [-0.1, -0.05) is 49.9 Å². The molecular formula is C37H39ClFNO2. The van der Waals surface area contributed by atoms with Crippen molar-refractivity contribution < 1.29 is 13.9 Å². The van der Waals surface area contributed by atoms with E-state index in [1.54, 1.807) is 12.1 Å². The van der Waals surface area contributed by atoms with Crippen LogP contribution in [0, 0.1) is 41.8 Å². The maximum Gasteiger partial charge on any atom is 0.146 e. The molecule has 3 fully saturated rings. The van der Waals surface area contributed by atoms with Gasteiger partial charge >= 0.3 is 0 Å². The summed E-state index contributed by atoms with van der Waals surface area (Å²) in [5, 5.41) is 0.890. The zero-order valence-electron chi connectivity index (χ0n) is 24.9. The third-order valence-corrected chi connectivity index (χ3v) is 10.1. The van der Waals surface area contributed by atoms with Gasteiger partial charge in [0.2, 0.25) is 0 Å². The number of epoxide rings is 1. The Kier molecular flexibility index (Phi) is 7.83. The Balaban J connectivity index is 1.17. The van der Waals surface area contributed by atoms with Gasteiger partial charge in [0.15, 0.2) is 0 Å². The van der Waals surface area contributed by atoms with Crippen LogP contribution >= 0.6 is 11.6 Å². The van der Waals surface area contributed by atoms with Crippen molar-refractivity contribution in [3.63, 3.8) is 0 Å². The van der Waals surface area contributed by atoms with E-state index in [1.165, 1.54) is 25.0 Å². The molecule has 1 saturated heterocycles. The number of carbonyl (C=O) groups is 1. The van der Waals surface area contributed by atoms with E-state index in [4.69, 9.17) is 16.3 Å². The normalized spacial score (nSPS) is 26.0. The largest absolute Gasteiger partial charge is 0.486 e. The Morgan fingerprint density at radius 2 is 1.74 bits per heavy atom. The molecule has 218 valence electrons. The minimum absolute atomic E-state index is 0.135. The molecule has 5 heteroatoms. The predicted molar refractivity (Wildman–Crippen MR) is 167 cm³/mol. The van der Waals surface area contributed by atoms with Crippen LogP contribution in [0.5, 0.6) is 0 Å². The lowest BCUT2D eigenvalue weighted by Crippen LogP contribution is -2.51. The van der Waals surface area contributed by atoms with Crippen molar-refractivity contribution in [2.45, 2.75) is 71.8 Å². The van der Waals surface area contributed by atoms with Crippen molar-refractivity contribution in [2.24, 2.45) is 17.3 Å². The molecule has 0 bridgehead atoms. The van der Waals surface area contributed by atoms with E-state index in [0.717, 1.165) is 88.5 Å². The number of hydrogen-bond donors (Lipinski definition) is 0. The van der Waals surface area contributed by atoms with E-state index in [2.05, 4.69) is 42.4 Å². The molecule has 0 amide bonds. The summed E-state index contributed by atoms with van der Waals surface area (Å²) in [4.78, 5) is 15.1. The summed E-state index contributed by atoms with van der Waals surface area (Å²) in [7, 11) is 0. The van der Waals surface area contributed by atoms with E-state index in [-0.39, 0.29) is 17.7 Å². The Morgan fingerprint density at radius 1 is 1.10 bits per heavy atom. The number of aryl methyl sites for hydroxylation is 1. The quantitative estimate of drug-likeness (QED) is 0.252. The Hall–Kier alpha value is -3.29. The lowest BCUT2D eigenvalue weighted by molar-refractivity contribution is -0.128. The summed E-state index contributed by atoms with van der Waals surface area (Å²) in [5.41, 5.74) is 7.26. The van der Waals surface area contributed by atoms with Gasteiger partial charge < -0.3 is 9.64 Å². The summed E-state index contributed by atoms with van der Waals surface area (Å²) in [5.74, 6) is 7.84. The molecule has 0 aromatic heterocycles. The van der Waals surface area contributed by atoms with Crippen LogP contribution in [0.2, 0.25) is 0 Å². The molecule has 2 aromatic rings. The summed E-state index contributed by atoms with van der Waals surface area (Å²) >= 11 is 6.96. The van der Waals surface area contributed by atoms with Crippen LogP contribution in [-0.4, -0.2) is 29.9 Å². The van der Waals surface area contributed by atoms with Crippen LogP contribution in [0.3, 0.4) is 0 Å². The summed E-state index contributed by atoms with van der Waals surface area (Å²) in [6.45, 7) is 12.2. The second-order valence-electron chi connectivity index (χ2n) is 12.9. The first-order chi connectivity index (χ1) is 20.1. The molecule has 0 atom stereocenters. The molecular weight excluding hydrogens is 545 g/mol. The molecule has 4 aliphatic rings. The van der Waals surface area contributed by atoms with E-state index in [0.29, 0.717) is 23.8 Å². The first kappa shape index (κ1) is 28.8. The number of nitrogens with zero attached hydrogens (tertiary/aromatic N) is 1. The van der Waals surface area contributed by atoms with Gasteiger partial charge in [0.1, 0.15) is 24.0 Å². The fraction of sp³-hybridized carbons (Fsp3) is 0.432. The average Bonchev–Trinajstić information content (AvgIpc) is 3.73. The van der Waals surface area contributed by atoms with Crippen molar-refractivity contribution in [1.82, 2.24) is 4.90 Å². The van der Waals surface area contributed by atoms with Crippen LogP contribution in [0.25, 0.3) is 5.57 Å². The van der Waals surface area contributed by atoms with Gasteiger partial charge in [0.25, 0.3) is 0 Å². The molecule has 2 aromatic carbocycles. The maximum absolute atomic E-state index is 13.2. The fourth-order valence-electron chi connectivity index (χ4n) is 7.32. The van der Waals surface area contributed by atoms with Gasteiger partial charge in [-0.25, -0.2) is 4.39 Å². The second-order valence-corrected chi connectivity index (χ2v) is 13.4. The van der Waals surface area contributed by atoms with E-state index in [1.807, 2.05) is 19.9 Å². The number of rotatable bonds is 6. The van der Waals surface area contributed by atoms with E-state index >= 15 is 0 Å². The van der Waals surface area contributed by atoms with Gasteiger partial charge in [-0.15, -0.1) is 0 Å². The minimum atomic E-state index is -0.265. The van der Waals surface area contributed by atoms with Gasteiger partial charge in [0, 0.05) is 52.6 Å². The van der Waals surface area contributed by atoms with Gasteiger partial charge in [-0.2, -0.15) is 0 Å². The van der Waals surface area contributed by atoms with Crippen LogP contribution in [0.4, 0.5) is 4.39 Å². The van der Waals surface area contributed by atoms with Crippen LogP contribution in [0.15, 0.2) is 71.1 Å². The van der Waals surface area contributed by atoms with E-state index in [9.17, 15) is 9.18 Å². The number of carbonyl (C=O) groups excluding carboxylic acids is 1. The Labute approximate surface area is 254 Å². The molecule has 42 heavy (non-hydrogen) atoms. The molecule has 0 unspecified atom stereocenters. The number of benzene rings is 2. The molecule has 2 saturated carbocycles.